The van der Waals surface area contributed by atoms with Gasteiger partial charge in [0.15, 0.2) is 0 Å². The van der Waals surface area contributed by atoms with Gasteiger partial charge in [-0.2, -0.15) is 0 Å². The number of aromatic nitrogens is 1. The third-order valence-corrected chi connectivity index (χ3v) is 5.96. The van der Waals surface area contributed by atoms with Crippen molar-refractivity contribution in [1.82, 2.24) is 20.9 Å². The molecule has 11 heteroatoms. The molecule has 3 N–H and O–H groups in total. The van der Waals surface area contributed by atoms with E-state index < -0.39 is 47.6 Å². The van der Waals surface area contributed by atoms with Crippen LogP contribution in [0.3, 0.4) is 0 Å². The Kier molecular flexibility index (Phi) is 11.7. The number of alkyl carbamates (subject to hydrolysis) is 1. The number of esters is 1. The molecule has 2 rings (SSSR count). The van der Waals surface area contributed by atoms with E-state index in [2.05, 4.69) is 20.9 Å². The molecule has 0 aliphatic rings. The third-order valence-electron chi connectivity index (χ3n) is 5.33. The lowest BCUT2D eigenvalue weighted by molar-refractivity contribution is -0.145. The Labute approximate surface area is 227 Å². The molecule has 38 heavy (non-hydrogen) atoms. The molecule has 0 aliphatic heterocycles. The molecule has 2 unspecified atom stereocenters. The fourth-order valence-electron chi connectivity index (χ4n) is 3.64. The number of rotatable bonds is 12. The van der Waals surface area contributed by atoms with E-state index in [1.807, 2.05) is 44.2 Å². The van der Waals surface area contributed by atoms with Crippen molar-refractivity contribution in [2.45, 2.75) is 77.6 Å². The molecule has 0 saturated carbocycles. The van der Waals surface area contributed by atoms with Crippen molar-refractivity contribution in [3.8, 4) is 0 Å². The Balaban J connectivity index is 2.20. The number of nitrogens with zero attached hydrogens (tertiary/aromatic N) is 1. The highest BCUT2D eigenvalue weighted by Crippen LogP contribution is 2.12. The van der Waals surface area contributed by atoms with Crippen LogP contribution in [0.4, 0.5) is 4.79 Å². The van der Waals surface area contributed by atoms with Crippen LogP contribution < -0.4 is 16.0 Å². The summed E-state index contributed by atoms with van der Waals surface area (Å²) in [7, 11) is 1.26. The number of methoxy groups -OCH3 is 1. The van der Waals surface area contributed by atoms with E-state index in [0.29, 0.717) is 12.1 Å². The van der Waals surface area contributed by atoms with Crippen molar-refractivity contribution < 1.29 is 28.7 Å². The number of benzene rings is 1. The van der Waals surface area contributed by atoms with E-state index in [4.69, 9.17) is 9.47 Å². The number of nitrogens with one attached hydrogen (secondary N) is 3. The summed E-state index contributed by atoms with van der Waals surface area (Å²) in [5.74, 6) is -1.64. The summed E-state index contributed by atoms with van der Waals surface area (Å²) in [4.78, 5) is 55.8. The first-order chi connectivity index (χ1) is 17.9. The van der Waals surface area contributed by atoms with Crippen LogP contribution in [0, 0.1) is 5.92 Å². The molecule has 208 valence electrons. The lowest BCUT2D eigenvalue weighted by Gasteiger charge is -2.26. The molecule has 2 aromatic rings. The molecule has 0 aliphatic carbocycles. The fraction of sp³-hybridized carbons (Fsp3) is 0.519. The summed E-state index contributed by atoms with van der Waals surface area (Å²) in [6.07, 6.45) is -0.101. The van der Waals surface area contributed by atoms with Crippen molar-refractivity contribution in [3.05, 3.63) is 52.5 Å². The second-order valence-electron chi connectivity index (χ2n) is 10.3. The maximum absolute atomic E-state index is 13.4. The number of carbonyl (C=O) groups is 4. The first kappa shape index (κ1) is 30.8. The molecule has 1 heterocycles. The molecule has 0 bridgehead atoms. The largest absolute Gasteiger partial charge is 0.467 e. The number of thiazole rings is 1. The van der Waals surface area contributed by atoms with E-state index in [-0.39, 0.29) is 18.8 Å². The Hall–Kier alpha value is -3.47. The van der Waals surface area contributed by atoms with Crippen LogP contribution in [0.1, 0.15) is 52.3 Å². The Morgan fingerprint density at radius 2 is 1.55 bits per heavy atom. The van der Waals surface area contributed by atoms with Gasteiger partial charge in [-0.1, -0.05) is 44.2 Å². The highest BCUT2D eigenvalue weighted by atomic mass is 32.1. The third kappa shape index (κ3) is 10.9. The van der Waals surface area contributed by atoms with Crippen molar-refractivity contribution in [2.75, 3.05) is 7.11 Å². The fourth-order valence-corrected chi connectivity index (χ4v) is 4.21. The molecular formula is C27H38N4O6S. The van der Waals surface area contributed by atoms with Crippen LogP contribution in [0.2, 0.25) is 0 Å². The number of hydrogen-bond donors (Lipinski definition) is 3. The molecule has 0 fully saturated rings. The van der Waals surface area contributed by atoms with Gasteiger partial charge < -0.3 is 25.4 Å². The SMILES string of the molecule is COC(=O)C(Cc1ccccc1)NC(=O)C(CC(C)C)NC(=O)[C@H](Cc1cscn1)NC(=O)OC(C)(C)C. The maximum Gasteiger partial charge on any atom is 0.408 e. The van der Waals surface area contributed by atoms with Gasteiger partial charge in [0.1, 0.15) is 23.7 Å². The lowest BCUT2D eigenvalue weighted by Crippen LogP contribution is -2.57. The van der Waals surface area contributed by atoms with Crippen molar-refractivity contribution >= 4 is 35.2 Å². The predicted molar refractivity (Wildman–Crippen MR) is 144 cm³/mol. The average Bonchev–Trinajstić information content (AvgIpc) is 3.34. The molecule has 0 spiro atoms. The van der Waals surface area contributed by atoms with E-state index >= 15 is 0 Å². The second-order valence-corrected chi connectivity index (χ2v) is 11.1. The Bertz CT molecular complexity index is 1050. The van der Waals surface area contributed by atoms with Gasteiger partial charge in [-0.15, -0.1) is 11.3 Å². The van der Waals surface area contributed by atoms with Crippen LogP contribution in [0.25, 0.3) is 0 Å². The van der Waals surface area contributed by atoms with Crippen molar-refractivity contribution in [2.24, 2.45) is 5.92 Å². The summed E-state index contributed by atoms with van der Waals surface area (Å²) in [5.41, 5.74) is 2.34. The summed E-state index contributed by atoms with van der Waals surface area (Å²) < 4.78 is 10.2. The van der Waals surface area contributed by atoms with Crippen LogP contribution in [-0.4, -0.2) is 59.7 Å². The normalized spacial score (nSPS) is 13.7. The van der Waals surface area contributed by atoms with Crippen LogP contribution in [0.5, 0.6) is 0 Å². The number of hydrogen-bond acceptors (Lipinski definition) is 8. The number of carbonyl (C=O) groups excluding carboxylic acids is 4. The monoisotopic (exact) mass is 546 g/mol. The first-order valence-electron chi connectivity index (χ1n) is 12.5. The zero-order chi connectivity index (χ0) is 28.3. The predicted octanol–water partition coefficient (Wildman–Crippen LogP) is 3.01. The summed E-state index contributed by atoms with van der Waals surface area (Å²) >= 11 is 1.37. The smallest absolute Gasteiger partial charge is 0.408 e. The van der Waals surface area contributed by atoms with Crippen molar-refractivity contribution in [1.29, 1.82) is 0 Å². The van der Waals surface area contributed by atoms with Crippen molar-refractivity contribution in [3.63, 3.8) is 0 Å². The lowest BCUT2D eigenvalue weighted by atomic mass is 10.0. The topological polar surface area (TPSA) is 136 Å². The van der Waals surface area contributed by atoms with Gasteiger partial charge in [-0.25, -0.2) is 14.6 Å². The Morgan fingerprint density at radius 3 is 2.11 bits per heavy atom. The summed E-state index contributed by atoms with van der Waals surface area (Å²) in [6, 6.07) is 6.31. The molecule has 3 amide bonds. The van der Waals surface area contributed by atoms with Gasteiger partial charge in [0.05, 0.1) is 18.3 Å². The van der Waals surface area contributed by atoms with E-state index in [9.17, 15) is 19.2 Å². The number of amides is 3. The molecule has 10 nitrogen and oxygen atoms in total. The maximum atomic E-state index is 13.4. The molecule has 1 aromatic heterocycles. The summed E-state index contributed by atoms with van der Waals surface area (Å²) in [6.45, 7) is 8.99. The van der Waals surface area contributed by atoms with E-state index in [1.54, 1.807) is 31.7 Å². The standard InChI is InChI=1S/C27H38N4O6S/c1-17(2)12-20(23(32)30-22(25(34)36-6)13-18-10-8-7-9-11-18)29-24(33)21(14-19-15-38-16-28-19)31-26(35)37-27(3,4)5/h7-11,15-17,20-22H,12-14H2,1-6H3,(H,29,33)(H,30,32)(H,31,35)/t20?,21-,22?/m0/s1. The number of ether oxygens (including phenoxy) is 2. The van der Waals surface area contributed by atoms with Gasteiger partial charge in [-0.05, 0) is 38.7 Å². The van der Waals surface area contributed by atoms with Gasteiger partial charge in [0.2, 0.25) is 11.8 Å². The zero-order valence-electron chi connectivity index (χ0n) is 22.8. The average molecular weight is 547 g/mol. The van der Waals surface area contributed by atoms with Gasteiger partial charge >= 0.3 is 12.1 Å². The quantitative estimate of drug-likeness (QED) is 0.348. The summed E-state index contributed by atoms with van der Waals surface area (Å²) in [5, 5.41) is 9.86. The second kappa shape index (κ2) is 14.5. The molecular weight excluding hydrogens is 508 g/mol. The molecule has 0 radical (unpaired) electrons. The minimum Gasteiger partial charge on any atom is -0.467 e. The van der Waals surface area contributed by atoms with Gasteiger partial charge in [-0.3, -0.25) is 9.59 Å². The molecule has 3 atom stereocenters. The minimum atomic E-state index is -1.03. The van der Waals surface area contributed by atoms with E-state index in [1.165, 1.54) is 18.4 Å². The van der Waals surface area contributed by atoms with Gasteiger partial charge in [0.25, 0.3) is 0 Å². The Morgan fingerprint density at radius 1 is 0.921 bits per heavy atom. The van der Waals surface area contributed by atoms with Crippen LogP contribution in [0.15, 0.2) is 41.2 Å². The zero-order valence-corrected chi connectivity index (χ0v) is 23.6. The first-order valence-corrected chi connectivity index (χ1v) is 13.4. The van der Waals surface area contributed by atoms with Gasteiger partial charge in [0, 0.05) is 18.2 Å². The minimum absolute atomic E-state index is 0.0487. The highest BCUT2D eigenvalue weighted by molar-refractivity contribution is 7.07. The van der Waals surface area contributed by atoms with Crippen LogP contribution >= 0.6 is 11.3 Å². The molecule has 1 aromatic carbocycles. The van der Waals surface area contributed by atoms with E-state index in [0.717, 1.165) is 5.56 Å². The highest BCUT2D eigenvalue weighted by Gasteiger charge is 2.31. The van der Waals surface area contributed by atoms with Crippen LogP contribution in [-0.2, 0) is 36.7 Å². The molecule has 0 saturated heterocycles.